The Morgan fingerprint density at radius 1 is 1.45 bits per heavy atom. The summed E-state index contributed by atoms with van der Waals surface area (Å²) in [5.41, 5.74) is 1.16. The summed E-state index contributed by atoms with van der Waals surface area (Å²) in [7, 11) is 0. The van der Waals surface area contributed by atoms with E-state index in [1.54, 1.807) is 0 Å². The Hall–Kier alpha value is -0.320. The lowest BCUT2D eigenvalue weighted by Gasteiger charge is -1.96. The van der Waals surface area contributed by atoms with Gasteiger partial charge in [0, 0.05) is 5.69 Å². The van der Waals surface area contributed by atoms with Crippen LogP contribution in [0.4, 0.5) is 0 Å². The molecule has 0 amide bonds. The number of H-pyrrole nitrogens is 1. The first-order chi connectivity index (χ1) is 5.27. The molecule has 11 heavy (non-hydrogen) atoms. The lowest BCUT2D eigenvalue weighted by molar-refractivity contribution is 0.993. The molecule has 1 saturated carbocycles. The molecule has 1 heterocycles. The molecule has 0 atom stereocenters. The fourth-order valence-electron chi connectivity index (χ4n) is 1.10. The number of hydrogen-bond donors (Lipinski definition) is 1. The van der Waals surface area contributed by atoms with Gasteiger partial charge in [-0.3, -0.25) is 4.79 Å². The molecule has 0 radical (unpaired) electrons. The van der Waals surface area contributed by atoms with Crippen molar-refractivity contribution in [2.45, 2.75) is 18.8 Å². The summed E-state index contributed by atoms with van der Waals surface area (Å²) < 4.78 is 0.770. The molecule has 1 aromatic rings. The highest BCUT2D eigenvalue weighted by Crippen LogP contribution is 2.38. The fourth-order valence-corrected chi connectivity index (χ4v) is 1.42. The van der Waals surface area contributed by atoms with Crippen LogP contribution in [-0.2, 0) is 0 Å². The van der Waals surface area contributed by atoms with Gasteiger partial charge in [-0.2, -0.15) is 0 Å². The van der Waals surface area contributed by atoms with E-state index in [2.05, 4.69) is 4.98 Å². The van der Waals surface area contributed by atoms with Crippen molar-refractivity contribution in [3.05, 3.63) is 31.8 Å². The van der Waals surface area contributed by atoms with E-state index in [1.807, 2.05) is 34.7 Å². The summed E-state index contributed by atoms with van der Waals surface area (Å²) in [4.78, 5) is 14.0. The number of pyridine rings is 1. The topological polar surface area (TPSA) is 32.9 Å². The summed E-state index contributed by atoms with van der Waals surface area (Å²) in [5.74, 6) is 0.639. The summed E-state index contributed by atoms with van der Waals surface area (Å²) >= 11 is 2.04. The maximum Gasteiger partial charge on any atom is 0.261 e. The van der Waals surface area contributed by atoms with Gasteiger partial charge in [0.1, 0.15) is 0 Å². The van der Waals surface area contributed by atoms with Crippen LogP contribution in [0.15, 0.2) is 16.9 Å². The molecule has 3 heteroatoms. The second-order valence-electron chi connectivity index (χ2n) is 2.87. The maximum atomic E-state index is 11.1. The van der Waals surface area contributed by atoms with E-state index in [9.17, 15) is 4.79 Å². The van der Waals surface area contributed by atoms with Crippen molar-refractivity contribution in [3.63, 3.8) is 0 Å². The minimum Gasteiger partial charge on any atom is -0.325 e. The molecule has 0 unspecified atom stereocenters. The van der Waals surface area contributed by atoms with Crippen molar-refractivity contribution in [2.24, 2.45) is 0 Å². The highest BCUT2D eigenvalue weighted by molar-refractivity contribution is 14.1. The van der Waals surface area contributed by atoms with Crippen molar-refractivity contribution in [3.8, 4) is 0 Å². The second kappa shape index (κ2) is 2.62. The van der Waals surface area contributed by atoms with Gasteiger partial charge in [-0.05, 0) is 53.5 Å². The molecular formula is C8H8INO. The van der Waals surface area contributed by atoms with Crippen molar-refractivity contribution in [1.29, 1.82) is 0 Å². The van der Waals surface area contributed by atoms with Crippen LogP contribution in [0.2, 0.25) is 0 Å². The van der Waals surface area contributed by atoms with Crippen LogP contribution in [0.25, 0.3) is 0 Å². The van der Waals surface area contributed by atoms with Crippen LogP contribution in [0, 0.1) is 3.57 Å². The first kappa shape index (κ1) is 7.34. The predicted molar refractivity (Wildman–Crippen MR) is 51.8 cm³/mol. The Bertz CT molecular complexity index is 327. The standard InChI is InChI=1S/C8H8INO/c9-6-3-4-7(5-1-2-5)10-8(6)11/h3-5H,1-2H2,(H,10,11). The van der Waals surface area contributed by atoms with Gasteiger partial charge in [0.05, 0.1) is 3.57 Å². The Labute approximate surface area is 78.2 Å². The van der Waals surface area contributed by atoms with Gasteiger partial charge < -0.3 is 4.98 Å². The molecule has 2 rings (SSSR count). The van der Waals surface area contributed by atoms with Gasteiger partial charge in [0.15, 0.2) is 0 Å². The smallest absolute Gasteiger partial charge is 0.261 e. The van der Waals surface area contributed by atoms with Gasteiger partial charge in [0.2, 0.25) is 0 Å². The van der Waals surface area contributed by atoms with Gasteiger partial charge in [-0.15, -0.1) is 0 Å². The zero-order valence-electron chi connectivity index (χ0n) is 5.93. The molecule has 1 fully saturated rings. The lowest BCUT2D eigenvalue weighted by atomic mass is 10.2. The first-order valence-corrected chi connectivity index (χ1v) is 4.74. The highest BCUT2D eigenvalue weighted by Gasteiger charge is 2.24. The zero-order chi connectivity index (χ0) is 7.84. The Morgan fingerprint density at radius 3 is 2.73 bits per heavy atom. The third-order valence-corrected chi connectivity index (χ3v) is 2.75. The molecule has 0 saturated heterocycles. The SMILES string of the molecule is O=c1[nH]c(C2CC2)ccc1I. The molecule has 2 nitrogen and oxygen atoms in total. The van der Waals surface area contributed by atoms with E-state index in [4.69, 9.17) is 0 Å². The van der Waals surface area contributed by atoms with Gasteiger partial charge in [-0.1, -0.05) is 0 Å². The van der Waals surface area contributed by atoms with Crippen LogP contribution in [0.1, 0.15) is 24.5 Å². The summed E-state index contributed by atoms with van der Waals surface area (Å²) in [6, 6.07) is 3.90. The summed E-state index contributed by atoms with van der Waals surface area (Å²) in [5, 5.41) is 0. The third kappa shape index (κ3) is 1.47. The van der Waals surface area contributed by atoms with Crippen LogP contribution < -0.4 is 5.56 Å². The van der Waals surface area contributed by atoms with E-state index in [0.29, 0.717) is 5.92 Å². The van der Waals surface area contributed by atoms with Crippen LogP contribution in [0.3, 0.4) is 0 Å². The average molecular weight is 261 g/mol. The molecule has 0 aliphatic heterocycles. The van der Waals surface area contributed by atoms with Gasteiger partial charge in [0.25, 0.3) is 5.56 Å². The minimum absolute atomic E-state index is 0.0509. The molecule has 58 valence electrons. The van der Waals surface area contributed by atoms with Crippen molar-refractivity contribution >= 4 is 22.6 Å². The van der Waals surface area contributed by atoms with Gasteiger partial charge >= 0.3 is 0 Å². The van der Waals surface area contributed by atoms with Gasteiger partial charge in [-0.25, -0.2) is 0 Å². The normalized spacial score (nSPS) is 16.8. The highest BCUT2D eigenvalue weighted by atomic mass is 127. The molecular weight excluding hydrogens is 253 g/mol. The lowest BCUT2D eigenvalue weighted by Crippen LogP contribution is -2.10. The minimum atomic E-state index is 0.0509. The largest absolute Gasteiger partial charge is 0.325 e. The predicted octanol–water partition coefficient (Wildman–Crippen LogP) is 1.86. The Morgan fingerprint density at radius 2 is 2.18 bits per heavy atom. The van der Waals surface area contributed by atoms with Crippen LogP contribution in [0.5, 0.6) is 0 Å². The van der Waals surface area contributed by atoms with Crippen molar-refractivity contribution < 1.29 is 0 Å². The van der Waals surface area contributed by atoms with E-state index in [0.717, 1.165) is 9.26 Å². The van der Waals surface area contributed by atoms with E-state index in [-0.39, 0.29) is 5.56 Å². The number of aromatic amines is 1. The van der Waals surface area contributed by atoms with E-state index >= 15 is 0 Å². The molecule has 0 aromatic carbocycles. The zero-order valence-corrected chi connectivity index (χ0v) is 8.09. The Kier molecular flexibility index (Phi) is 1.75. The quantitative estimate of drug-likeness (QED) is 0.769. The first-order valence-electron chi connectivity index (χ1n) is 3.66. The van der Waals surface area contributed by atoms with E-state index < -0.39 is 0 Å². The van der Waals surface area contributed by atoms with Crippen molar-refractivity contribution in [2.75, 3.05) is 0 Å². The monoisotopic (exact) mass is 261 g/mol. The average Bonchev–Trinajstić information content (AvgIpc) is 2.77. The number of nitrogens with one attached hydrogen (secondary N) is 1. The molecule has 0 spiro atoms. The number of rotatable bonds is 1. The number of halogens is 1. The molecule has 1 N–H and O–H groups in total. The van der Waals surface area contributed by atoms with Crippen LogP contribution >= 0.6 is 22.6 Å². The molecule has 1 aromatic heterocycles. The number of aromatic nitrogens is 1. The second-order valence-corrected chi connectivity index (χ2v) is 4.03. The summed E-state index contributed by atoms with van der Waals surface area (Å²) in [6.45, 7) is 0. The third-order valence-electron chi connectivity index (χ3n) is 1.90. The van der Waals surface area contributed by atoms with Crippen LogP contribution in [-0.4, -0.2) is 4.98 Å². The Balaban J connectivity index is 2.44. The fraction of sp³-hybridized carbons (Fsp3) is 0.375. The molecule has 1 aliphatic carbocycles. The number of hydrogen-bond acceptors (Lipinski definition) is 1. The maximum absolute atomic E-state index is 11.1. The molecule has 1 aliphatic rings. The summed E-state index contributed by atoms with van der Waals surface area (Å²) in [6.07, 6.45) is 2.47. The molecule has 0 bridgehead atoms. The van der Waals surface area contributed by atoms with Crippen molar-refractivity contribution in [1.82, 2.24) is 4.98 Å². The van der Waals surface area contributed by atoms with E-state index in [1.165, 1.54) is 12.8 Å².